The molecule has 1 saturated heterocycles. The number of rotatable bonds is 4. The number of benzene rings is 1. The molecule has 0 spiro atoms. The Labute approximate surface area is 102 Å². The molecular weight excluding hydrogens is 214 g/mol. The van der Waals surface area contributed by atoms with Gasteiger partial charge >= 0.3 is 5.97 Å². The molecule has 3 heteroatoms. The molecule has 0 aromatic heterocycles. The Kier molecular flexibility index (Phi) is 3.48. The largest absolute Gasteiger partial charge is 0.462 e. The van der Waals surface area contributed by atoms with Crippen molar-refractivity contribution in [3.05, 3.63) is 35.9 Å². The first-order chi connectivity index (χ1) is 8.09. The molecule has 0 amide bonds. The Morgan fingerprint density at radius 2 is 1.94 bits per heavy atom. The van der Waals surface area contributed by atoms with E-state index in [-0.39, 0.29) is 24.2 Å². The highest BCUT2D eigenvalue weighted by Gasteiger charge is 2.45. The number of hydrogen-bond acceptors (Lipinski definition) is 3. The number of carbonyl (C=O) groups is 1. The molecule has 3 nitrogen and oxygen atoms in total. The molecule has 0 saturated carbocycles. The van der Waals surface area contributed by atoms with Crippen LogP contribution in [0.4, 0.5) is 0 Å². The van der Waals surface area contributed by atoms with Crippen molar-refractivity contribution in [3.63, 3.8) is 0 Å². The fourth-order valence-electron chi connectivity index (χ4n) is 2.02. The molecule has 3 atom stereocenters. The van der Waals surface area contributed by atoms with Gasteiger partial charge in [0.2, 0.25) is 0 Å². The summed E-state index contributed by atoms with van der Waals surface area (Å²) >= 11 is 0. The van der Waals surface area contributed by atoms with Gasteiger partial charge in [-0.2, -0.15) is 0 Å². The maximum atomic E-state index is 11.7. The minimum Gasteiger partial charge on any atom is -0.462 e. The van der Waals surface area contributed by atoms with Crippen LogP contribution in [0.25, 0.3) is 0 Å². The lowest BCUT2D eigenvalue weighted by atomic mass is 10.1. The average molecular weight is 233 g/mol. The molecule has 1 heterocycles. The van der Waals surface area contributed by atoms with Crippen LogP contribution in [0.15, 0.2) is 30.3 Å². The molecule has 1 aliphatic heterocycles. The fourth-order valence-corrected chi connectivity index (χ4v) is 2.02. The van der Waals surface area contributed by atoms with Gasteiger partial charge in [-0.25, -0.2) is 0 Å². The van der Waals surface area contributed by atoms with E-state index in [1.165, 1.54) is 5.56 Å². The van der Waals surface area contributed by atoms with E-state index in [9.17, 15) is 4.79 Å². The molecule has 1 aliphatic rings. The fraction of sp³-hybridized carbons (Fsp3) is 0.500. The molecule has 1 aromatic rings. The summed E-state index contributed by atoms with van der Waals surface area (Å²) in [5.74, 6) is -0.0946. The SMILES string of the molecule is CC(C)OC(=O)[C@H]1CN1[C@H](C)c1ccccc1. The zero-order valence-corrected chi connectivity index (χ0v) is 10.6. The quantitative estimate of drug-likeness (QED) is 0.590. The first kappa shape index (κ1) is 12.1. The molecule has 1 unspecified atom stereocenters. The summed E-state index contributed by atoms with van der Waals surface area (Å²) in [5.41, 5.74) is 1.24. The van der Waals surface area contributed by atoms with E-state index in [1.54, 1.807) is 0 Å². The van der Waals surface area contributed by atoms with Gasteiger partial charge in [0.05, 0.1) is 6.10 Å². The number of carbonyl (C=O) groups excluding carboxylic acids is 1. The van der Waals surface area contributed by atoms with Crippen LogP contribution in [-0.2, 0) is 9.53 Å². The third-order valence-electron chi connectivity index (χ3n) is 3.05. The summed E-state index contributed by atoms with van der Waals surface area (Å²) in [7, 11) is 0. The molecule has 17 heavy (non-hydrogen) atoms. The molecule has 2 rings (SSSR count). The molecule has 0 aliphatic carbocycles. The minimum atomic E-state index is -0.0946. The van der Waals surface area contributed by atoms with Crippen molar-refractivity contribution in [2.24, 2.45) is 0 Å². The summed E-state index contributed by atoms with van der Waals surface area (Å²) in [5, 5.41) is 0. The summed E-state index contributed by atoms with van der Waals surface area (Å²) < 4.78 is 5.21. The highest BCUT2D eigenvalue weighted by molar-refractivity contribution is 5.79. The molecule has 0 radical (unpaired) electrons. The summed E-state index contributed by atoms with van der Waals surface area (Å²) in [6.07, 6.45) is -0.0306. The minimum absolute atomic E-state index is 0.0306. The van der Waals surface area contributed by atoms with Crippen molar-refractivity contribution in [3.8, 4) is 0 Å². The first-order valence-electron chi connectivity index (χ1n) is 6.10. The third-order valence-corrected chi connectivity index (χ3v) is 3.05. The van der Waals surface area contributed by atoms with E-state index >= 15 is 0 Å². The average Bonchev–Trinajstić information content (AvgIpc) is 3.08. The molecule has 1 fully saturated rings. The van der Waals surface area contributed by atoms with Gasteiger partial charge in [0.1, 0.15) is 6.04 Å². The second-order valence-electron chi connectivity index (χ2n) is 4.78. The van der Waals surface area contributed by atoms with Crippen LogP contribution in [0.1, 0.15) is 32.4 Å². The molecule has 1 aromatic carbocycles. The van der Waals surface area contributed by atoms with Crippen LogP contribution in [0.5, 0.6) is 0 Å². The Hall–Kier alpha value is -1.35. The number of ether oxygens (including phenoxy) is 1. The van der Waals surface area contributed by atoms with Gasteiger partial charge < -0.3 is 4.74 Å². The monoisotopic (exact) mass is 233 g/mol. The maximum Gasteiger partial charge on any atom is 0.324 e. The second-order valence-corrected chi connectivity index (χ2v) is 4.78. The van der Waals surface area contributed by atoms with Crippen LogP contribution < -0.4 is 0 Å². The maximum absolute atomic E-state index is 11.7. The van der Waals surface area contributed by atoms with Crippen molar-refractivity contribution >= 4 is 5.97 Å². The number of esters is 1. The van der Waals surface area contributed by atoms with Crippen LogP contribution in [0.2, 0.25) is 0 Å². The molecular formula is C14H19NO2. The lowest BCUT2D eigenvalue weighted by Crippen LogP contribution is -2.21. The first-order valence-corrected chi connectivity index (χ1v) is 6.10. The summed E-state index contributed by atoms with van der Waals surface area (Å²) in [6.45, 7) is 6.69. The predicted molar refractivity (Wildman–Crippen MR) is 66.6 cm³/mol. The van der Waals surface area contributed by atoms with Crippen LogP contribution in [0.3, 0.4) is 0 Å². The Bertz CT molecular complexity index is 388. The van der Waals surface area contributed by atoms with E-state index in [2.05, 4.69) is 24.0 Å². The van der Waals surface area contributed by atoms with E-state index in [0.29, 0.717) is 0 Å². The van der Waals surface area contributed by atoms with Crippen molar-refractivity contribution in [2.45, 2.75) is 39.0 Å². The lowest BCUT2D eigenvalue weighted by molar-refractivity contribution is -0.147. The standard InChI is InChI=1S/C14H19NO2/c1-10(2)17-14(16)13-9-15(13)11(3)12-7-5-4-6-8-12/h4-8,10-11,13H,9H2,1-3H3/t11-,13-,15?/m1/s1. The molecule has 0 N–H and O–H groups in total. The van der Waals surface area contributed by atoms with Crippen LogP contribution >= 0.6 is 0 Å². The van der Waals surface area contributed by atoms with E-state index in [4.69, 9.17) is 4.74 Å². The van der Waals surface area contributed by atoms with Gasteiger partial charge in [0.15, 0.2) is 0 Å². The number of hydrogen-bond donors (Lipinski definition) is 0. The van der Waals surface area contributed by atoms with Crippen molar-refractivity contribution < 1.29 is 9.53 Å². The van der Waals surface area contributed by atoms with Crippen LogP contribution in [-0.4, -0.2) is 29.6 Å². The van der Waals surface area contributed by atoms with Gasteiger partial charge in [-0.3, -0.25) is 9.69 Å². The predicted octanol–water partition coefficient (Wildman–Crippen LogP) is 2.38. The van der Waals surface area contributed by atoms with Gasteiger partial charge in [-0.1, -0.05) is 30.3 Å². The highest BCUT2D eigenvalue weighted by atomic mass is 16.5. The Morgan fingerprint density at radius 3 is 2.53 bits per heavy atom. The van der Waals surface area contributed by atoms with Crippen LogP contribution in [0, 0.1) is 0 Å². The topological polar surface area (TPSA) is 29.3 Å². The zero-order chi connectivity index (χ0) is 12.4. The Balaban J connectivity index is 1.93. The molecule has 0 bridgehead atoms. The van der Waals surface area contributed by atoms with E-state index in [0.717, 1.165) is 6.54 Å². The molecule has 92 valence electrons. The van der Waals surface area contributed by atoms with E-state index in [1.807, 2.05) is 32.0 Å². The second kappa shape index (κ2) is 4.88. The van der Waals surface area contributed by atoms with Gasteiger partial charge in [-0.05, 0) is 26.3 Å². The van der Waals surface area contributed by atoms with Crippen molar-refractivity contribution in [1.29, 1.82) is 0 Å². The smallest absolute Gasteiger partial charge is 0.324 e. The van der Waals surface area contributed by atoms with Gasteiger partial charge in [0, 0.05) is 12.6 Å². The summed E-state index contributed by atoms with van der Waals surface area (Å²) in [6, 6.07) is 10.5. The third kappa shape index (κ3) is 2.86. The normalized spacial score (nSPS) is 24.5. The number of nitrogens with zero attached hydrogens (tertiary/aromatic N) is 1. The lowest BCUT2D eigenvalue weighted by Gasteiger charge is -2.14. The van der Waals surface area contributed by atoms with Crippen molar-refractivity contribution in [1.82, 2.24) is 4.90 Å². The van der Waals surface area contributed by atoms with Gasteiger partial charge in [-0.15, -0.1) is 0 Å². The summed E-state index contributed by atoms with van der Waals surface area (Å²) in [4.78, 5) is 13.9. The van der Waals surface area contributed by atoms with Gasteiger partial charge in [0.25, 0.3) is 0 Å². The zero-order valence-electron chi connectivity index (χ0n) is 10.6. The highest BCUT2D eigenvalue weighted by Crippen LogP contribution is 2.32. The van der Waals surface area contributed by atoms with Crippen molar-refractivity contribution in [2.75, 3.05) is 6.54 Å². The Morgan fingerprint density at radius 1 is 1.29 bits per heavy atom. The van der Waals surface area contributed by atoms with E-state index < -0.39 is 0 Å².